The van der Waals surface area contributed by atoms with Crippen molar-refractivity contribution in [2.45, 2.75) is 70.0 Å². The van der Waals surface area contributed by atoms with Crippen LogP contribution in [-0.4, -0.2) is 56.8 Å². The Morgan fingerprint density at radius 2 is 2.00 bits per heavy atom. The molecule has 0 bridgehead atoms. The zero-order valence-corrected chi connectivity index (χ0v) is 19.3. The molecule has 0 saturated heterocycles. The molecule has 1 aliphatic heterocycles. The minimum atomic E-state index is -4.49. The number of aryl methyl sites for hydroxylation is 1. The largest absolute Gasteiger partial charge is 0.489 e. The molecular formula is C22H27F3N6O3. The van der Waals surface area contributed by atoms with E-state index in [1.54, 1.807) is 25.8 Å². The zero-order valence-electron chi connectivity index (χ0n) is 19.3. The Balaban J connectivity index is 1.40. The van der Waals surface area contributed by atoms with E-state index >= 15 is 0 Å². The number of pyridine rings is 1. The van der Waals surface area contributed by atoms with Crippen LogP contribution >= 0.6 is 0 Å². The molecule has 1 amide bonds. The highest BCUT2D eigenvalue weighted by Gasteiger charge is 2.44. The van der Waals surface area contributed by atoms with Gasteiger partial charge in [0.2, 0.25) is 11.9 Å². The Bertz CT molecular complexity index is 1070. The molecule has 0 aromatic carbocycles. The molecule has 2 aromatic heterocycles. The molecule has 3 N–H and O–H groups in total. The predicted molar refractivity (Wildman–Crippen MR) is 119 cm³/mol. The number of hydrogen-bond acceptors (Lipinski definition) is 8. The summed E-state index contributed by atoms with van der Waals surface area (Å²) >= 11 is 0. The van der Waals surface area contributed by atoms with Crippen LogP contribution in [0.5, 0.6) is 5.75 Å². The molecule has 2 aliphatic rings. The van der Waals surface area contributed by atoms with E-state index in [1.807, 2.05) is 6.92 Å². The number of nitrogens with zero attached hydrogens (tertiary/aromatic N) is 4. The van der Waals surface area contributed by atoms with Crippen LogP contribution in [0.2, 0.25) is 0 Å². The van der Waals surface area contributed by atoms with E-state index in [9.17, 15) is 23.1 Å². The second kappa shape index (κ2) is 8.57. The quantitative estimate of drug-likeness (QED) is 0.578. The number of carbonyl (C=O) groups is 1. The van der Waals surface area contributed by atoms with E-state index in [4.69, 9.17) is 4.74 Å². The van der Waals surface area contributed by atoms with Gasteiger partial charge in [-0.25, -0.2) is 9.97 Å². The minimum absolute atomic E-state index is 0.0166. The summed E-state index contributed by atoms with van der Waals surface area (Å²) in [6.07, 6.45) is -1.97. The van der Waals surface area contributed by atoms with E-state index in [0.717, 1.165) is 12.3 Å². The van der Waals surface area contributed by atoms with Crippen molar-refractivity contribution in [2.24, 2.45) is 0 Å². The second-order valence-corrected chi connectivity index (χ2v) is 8.97. The Morgan fingerprint density at radius 1 is 1.29 bits per heavy atom. The standard InChI is InChI=1S/C22H27F3N6O3/c1-5-21(3,33)17-19(32)29-16-11(2)27-20(30-18(16)31(17)4)28-12-8-14(9-12)34-13-6-7-15(26-10-13)22(23,24)25/h6-7,10,12,14,17,33H,5,8-9H2,1-4H3,(H,29,32)(H,27,28,30)/t12?,14?,17-,21?/m0/s1. The lowest BCUT2D eigenvalue weighted by atomic mass is 9.89. The van der Waals surface area contributed by atoms with Crippen LogP contribution in [0.25, 0.3) is 0 Å². The number of rotatable bonds is 6. The number of ether oxygens (including phenoxy) is 1. The molecule has 3 heterocycles. The van der Waals surface area contributed by atoms with Crippen molar-refractivity contribution >= 4 is 23.4 Å². The lowest BCUT2D eigenvalue weighted by molar-refractivity contribution is -0.141. The van der Waals surface area contributed by atoms with E-state index in [-0.39, 0.29) is 23.8 Å². The molecule has 4 rings (SSSR count). The highest BCUT2D eigenvalue weighted by atomic mass is 19.4. The van der Waals surface area contributed by atoms with E-state index in [2.05, 4.69) is 25.6 Å². The smallest absolute Gasteiger partial charge is 0.433 e. The third-order valence-electron chi connectivity index (χ3n) is 6.35. The Hall–Kier alpha value is -3.15. The Labute approximate surface area is 194 Å². The first-order valence-electron chi connectivity index (χ1n) is 11.0. The maximum atomic E-state index is 12.6. The van der Waals surface area contributed by atoms with Gasteiger partial charge in [-0.1, -0.05) is 6.92 Å². The van der Waals surface area contributed by atoms with Crippen LogP contribution < -0.4 is 20.3 Å². The van der Waals surface area contributed by atoms with E-state index < -0.39 is 23.5 Å². The number of carbonyl (C=O) groups excluding carboxylic acids is 1. The summed E-state index contributed by atoms with van der Waals surface area (Å²) in [6, 6.07) is 1.37. The van der Waals surface area contributed by atoms with Gasteiger partial charge in [0.05, 0.1) is 17.5 Å². The molecule has 0 spiro atoms. The van der Waals surface area contributed by atoms with Crippen LogP contribution in [-0.2, 0) is 11.0 Å². The number of fused-ring (bicyclic) bond motifs is 1. The number of likely N-dealkylation sites (N-methyl/N-ethyl adjacent to an activating group) is 1. The molecule has 12 heteroatoms. The zero-order chi connectivity index (χ0) is 24.8. The number of halogens is 3. The molecule has 9 nitrogen and oxygen atoms in total. The SMILES string of the molecule is CCC(C)(O)[C@@H]1C(=O)Nc2c(C)nc(NC3CC(Oc4ccc(C(F)(F)F)nc4)C3)nc2N1C. The lowest BCUT2D eigenvalue weighted by Gasteiger charge is -2.42. The van der Waals surface area contributed by atoms with Gasteiger partial charge in [-0.05, 0) is 32.4 Å². The summed E-state index contributed by atoms with van der Waals surface area (Å²) in [5.74, 6) is 0.861. The van der Waals surface area contributed by atoms with Crippen molar-refractivity contribution in [1.82, 2.24) is 15.0 Å². The third kappa shape index (κ3) is 4.59. The monoisotopic (exact) mass is 480 g/mol. The Kier molecular flexibility index (Phi) is 6.05. The number of amides is 1. The number of nitrogens with one attached hydrogen (secondary N) is 2. The number of alkyl halides is 3. The molecule has 1 aliphatic carbocycles. The number of hydrogen-bond donors (Lipinski definition) is 3. The number of aliphatic hydroxyl groups is 1. The Morgan fingerprint density at radius 3 is 2.59 bits per heavy atom. The lowest BCUT2D eigenvalue weighted by Crippen LogP contribution is -2.59. The summed E-state index contributed by atoms with van der Waals surface area (Å²) < 4.78 is 43.6. The molecular weight excluding hydrogens is 453 g/mol. The van der Waals surface area contributed by atoms with Gasteiger partial charge in [-0.2, -0.15) is 18.2 Å². The van der Waals surface area contributed by atoms with Crippen molar-refractivity contribution in [2.75, 3.05) is 22.6 Å². The maximum absolute atomic E-state index is 12.6. The second-order valence-electron chi connectivity index (χ2n) is 8.97. The summed E-state index contributed by atoms with van der Waals surface area (Å²) in [7, 11) is 1.72. The van der Waals surface area contributed by atoms with Gasteiger partial charge in [-0.15, -0.1) is 0 Å². The van der Waals surface area contributed by atoms with Crippen LogP contribution in [0, 0.1) is 6.92 Å². The summed E-state index contributed by atoms with van der Waals surface area (Å²) in [4.78, 5) is 26.7. The average molecular weight is 480 g/mol. The first kappa shape index (κ1) is 24.0. The average Bonchev–Trinajstić information content (AvgIpc) is 2.73. The molecule has 0 radical (unpaired) electrons. The molecule has 1 fully saturated rings. The molecule has 34 heavy (non-hydrogen) atoms. The fourth-order valence-electron chi connectivity index (χ4n) is 4.18. The van der Waals surface area contributed by atoms with Gasteiger partial charge >= 0.3 is 6.18 Å². The third-order valence-corrected chi connectivity index (χ3v) is 6.35. The van der Waals surface area contributed by atoms with Crippen molar-refractivity contribution < 1.29 is 27.8 Å². The minimum Gasteiger partial charge on any atom is -0.489 e. The van der Waals surface area contributed by atoms with E-state index in [0.29, 0.717) is 42.4 Å². The topological polar surface area (TPSA) is 112 Å². The highest BCUT2D eigenvalue weighted by Crippen LogP contribution is 2.37. The molecule has 1 saturated carbocycles. The molecule has 2 aromatic rings. The van der Waals surface area contributed by atoms with Crippen LogP contribution in [0.4, 0.5) is 30.6 Å². The predicted octanol–water partition coefficient (Wildman–Crippen LogP) is 3.14. The first-order valence-corrected chi connectivity index (χ1v) is 11.0. The molecule has 1 unspecified atom stereocenters. The van der Waals surface area contributed by atoms with Crippen molar-refractivity contribution in [3.63, 3.8) is 0 Å². The fourth-order valence-corrected chi connectivity index (χ4v) is 4.18. The van der Waals surface area contributed by atoms with Crippen LogP contribution in [0.15, 0.2) is 18.3 Å². The van der Waals surface area contributed by atoms with Gasteiger partial charge in [-0.3, -0.25) is 4.79 Å². The van der Waals surface area contributed by atoms with Crippen molar-refractivity contribution in [1.29, 1.82) is 0 Å². The highest BCUT2D eigenvalue weighted by molar-refractivity contribution is 6.04. The maximum Gasteiger partial charge on any atom is 0.433 e. The van der Waals surface area contributed by atoms with Gasteiger partial charge in [0.15, 0.2) is 5.82 Å². The van der Waals surface area contributed by atoms with Gasteiger partial charge in [0.1, 0.15) is 29.3 Å². The van der Waals surface area contributed by atoms with Crippen LogP contribution in [0.3, 0.4) is 0 Å². The van der Waals surface area contributed by atoms with Crippen molar-refractivity contribution in [3.8, 4) is 5.75 Å². The normalized spacial score (nSPS) is 23.9. The molecule has 184 valence electrons. The number of anilines is 3. The summed E-state index contributed by atoms with van der Waals surface area (Å²) in [6.45, 7) is 5.19. The molecule has 2 atom stereocenters. The fraction of sp³-hybridized carbons (Fsp3) is 0.545. The summed E-state index contributed by atoms with van der Waals surface area (Å²) in [5, 5.41) is 16.8. The first-order chi connectivity index (χ1) is 15.9. The van der Waals surface area contributed by atoms with E-state index in [1.165, 1.54) is 6.07 Å². The van der Waals surface area contributed by atoms with Gasteiger partial charge in [0.25, 0.3) is 0 Å². The summed E-state index contributed by atoms with van der Waals surface area (Å²) in [5.41, 5.74) is -1.11. The number of aromatic nitrogens is 3. The van der Waals surface area contributed by atoms with Gasteiger partial charge < -0.3 is 25.4 Å². The van der Waals surface area contributed by atoms with Crippen LogP contribution in [0.1, 0.15) is 44.5 Å². The van der Waals surface area contributed by atoms with Crippen molar-refractivity contribution in [3.05, 3.63) is 29.7 Å². The van der Waals surface area contributed by atoms with Gasteiger partial charge in [0, 0.05) is 25.9 Å².